The van der Waals surface area contributed by atoms with Gasteiger partial charge in [-0.05, 0) is 61.0 Å². The lowest BCUT2D eigenvalue weighted by Crippen LogP contribution is -2.18. The predicted molar refractivity (Wildman–Crippen MR) is 92.9 cm³/mol. The van der Waals surface area contributed by atoms with E-state index in [1.807, 2.05) is 18.4 Å². The van der Waals surface area contributed by atoms with Crippen molar-refractivity contribution in [3.05, 3.63) is 46.2 Å². The zero-order valence-electron chi connectivity index (χ0n) is 12.9. The van der Waals surface area contributed by atoms with Crippen LogP contribution in [0.4, 0.5) is 5.69 Å². The van der Waals surface area contributed by atoms with Crippen LogP contribution in [0, 0.1) is 6.92 Å². The molecule has 1 N–H and O–H groups in total. The molecule has 0 aliphatic heterocycles. The van der Waals surface area contributed by atoms with Gasteiger partial charge in [0, 0.05) is 5.69 Å². The summed E-state index contributed by atoms with van der Waals surface area (Å²) in [5, 5.41) is 4.43. The van der Waals surface area contributed by atoms with Crippen LogP contribution in [-0.4, -0.2) is 19.6 Å². The summed E-state index contributed by atoms with van der Waals surface area (Å²) >= 11 is 1.39. The Hall–Kier alpha value is -1.66. The van der Waals surface area contributed by atoms with E-state index in [1.165, 1.54) is 11.3 Å². The summed E-state index contributed by atoms with van der Waals surface area (Å²) in [5.41, 5.74) is 1.54. The van der Waals surface area contributed by atoms with Crippen molar-refractivity contribution in [2.45, 2.75) is 42.8 Å². The van der Waals surface area contributed by atoms with Gasteiger partial charge >= 0.3 is 0 Å². The summed E-state index contributed by atoms with van der Waals surface area (Å²) in [7, 11) is -3.24. The standard InChI is InChI=1S/C17H19NO3S2/c1-12-10-11-22-16(12)17(19)18-13-6-8-15(9-7-13)23(20,21)14-4-2-3-5-14/h6-11,14H,2-5H2,1H3,(H,18,19). The molecule has 23 heavy (non-hydrogen) atoms. The van der Waals surface area contributed by atoms with E-state index in [0.717, 1.165) is 31.2 Å². The molecule has 1 amide bonds. The van der Waals surface area contributed by atoms with Crippen molar-refractivity contribution in [2.75, 3.05) is 5.32 Å². The van der Waals surface area contributed by atoms with Crippen molar-refractivity contribution in [1.82, 2.24) is 0 Å². The number of rotatable bonds is 4. The molecule has 1 aromatic carbocycles. The second-order valence-corrected chi connectivity index (χ2v) is 9.01. The molecular formula is C17H19NO3S2. The minimum absolute atomic E-state index is 0.163. The average molecular weight is 349 g/mol. The van der Waals surface area contributed by atoms with Crippen molar-refractivity contribution >= 4 is 32.8 Å². The van der Waals surface area contributed by atoms with E-state index in [4.69, 9.17) is 0 Å². The molecule has 0 saturated heterocycles. The Morgan fingerprint density at radius 1 is 1.13 bits per heavy atom. The number of aryl methyl sites for hydroxylation is 1. The summed E-state index contributed by atoms with van der Waals surface area (Å²) in [4.78, 5) is 13.2. The molecule has 0 bridgehead atoms. The Balaban J connectivity index is 1.75. The molecule has 1 aromatic heterocycles. The number of benzene rings is 1. The van der Waals surface area contributed by atoms with E-state index in [0.29, 0.717) is 15.5 Å². The fraction of sp³-hybridized carbons (Fsp3) is 0.353. The number of thiophene rings is 1. The van der Waals surface area contributed by atoms with Gasteiger partial charge in [0.2, 0.25) is 0 Å². The third-order valence-corrected chi connectivity index (χ3v) is 7.54. The molecule has 2 aromatic rings. The van der Waals surface area contributed by atoms with Crippen molar-refractivity contribution in [3.8, 4) is 0 Å². The molecule has 0 radical (unpaired) electrons. The van der Waals surface area contributed by atoms with Crippen LogP contribution in [0.15, 0.2) is 40.6 Å². The molecule has 1 fully saturated rings. The third kappa shape index (κ3) is 3.33. The first-order chi connectivity index (χ1) is 11.0. The van der Waals surface area contributed by atoms with E-state index in [2.05, 4.69) is 5.32 Å². The number of hydrogen-bond acceptors (Lipinski definition) is 4. The highest BCUT2D eigenvalue weighted by molar-refractivity contribution is 7.92. The van der Waals surface area contributed by atoms with Gasteiger partial charge in [0.15, 0.2) is 9.84 Å². The molecule has 122 valence electrons. The number of nitrogens with one attached hydrogen (secondary N) is 1. The quantitative estimate of drug-likeness (QED) is 0.906. The number of hydrogen-bond donors (Lipinski definition) is 1. The second-order valence-electron chi connectivity index (χ2n) is 5.86. The van der Waals surface area contributed by atoms with E-state index < -0.39 is 9.84 Å². The van der Waals surface area contributed by atoms with Gasteiger partial charge in [0.1, 0.15) is 0 Å². The molecule has 3 rings (SSSR count). The lowest BCUT2D eigenvalue weighted by molar-refractivity contribution is 0.103. The van der Waals surface area contributed by atoms with Gasteiger partial charge in [0.25, 0.3) is 5.91 Å². The van der Waals surface area contributed by atoms with Crippen LogP contribution in [0.25, 0.3) is 0 Å². The highest BCUT2D eigenvalue weighted by atomic mass is 32.2. The molecule has 1 heterocycles. The van der Waals surface area contributed by atoms with Crippen LogP contribution >= 0.6 is 11.3 Å². The zero-order chi connectivity index (χ0) is 16.4. The molecule has 0 atom stereocenters. The maximum Gasteiger partial charge on any atom is 0.265 e. The van der Waals surface area contributed by atoms with E-state index >= 15 is 0 Å². The molecule has 1 aliphatic carbocycles. The van der Waals surface area contributed by atoms with Crippen LogP contribution in [0.1, 0.15) is 40.9 Å². The zero-order valence-corrected chi connectivity index (χ0v) is 14.5. The highest BCUT2D eigenvalue weighted by Crippen LogP contribution is 2.30. The molecule has 0 unspecified atom stereocenters. The normalized spacial score (nSPS) is 15.7. The maximum atomic E-state index is 12.5. The van der Waals surface area contributed by atoms with Gasteiger partial charge in [-0.15, -0.1) is 11.3 Å². The number of carbonyl (C=O) groups is 1. The number of carbonyl (C=O) groups excluding carboxylic acids is 1. The van der Waals surface area contributed by atoms with Crippen LogP contribution in [0.2, 0.25) is 0 Å². The van der Waals surface area contributed by atoms with Crippen LogP contribution < -0.4 is 5.32 Å². The monoisotopic (exact) mass is 349 g/mol. The smallest absolute Gasteiger partial charge is 0.265 e. The molecule has 6 heteroatoms. The van der Waals surface area contributed by atoms with Gasteiger partial charge in [-0.1, -0.05) is 12.8 Å². The fourth-order valence-electron chi connectivity index (χ4n) is 2.91. The Kier molecular flexibility index (Phi) is 4.55. The number of sulfone groups is 1. The Morgan fingerprint density at radius 2 is 1.78 bits per heavy atom. The number of anilines is 1. The molecule has 4 nitrogen and oxygen atoms in total. The SMILES string of the molecule is Cc1ccsc1C(=O)Nc1ccc(S(=O)(=O)C2CCCC2)cc1. The summed E-state index contributed by atoms with van der Waals surface area (Å²) in [6, 6.07) is 8.39. The summed E-state index contributed by atoms with van der Waals surface area (Å²) in [6.45, 7) is 1.89. The van der Waals surface area contributed by atoms with Crippen LogP contribution in [-0.2, 0) is 9.84 Å². The first-order valence-electron chi connectivity index (χ1n) is 7.68. The summed E-state index contributed by atoms with van der Waals surface area (Å²) in [6.07, 6.45) is 3.47. The van der Waals surface area contributed by atoms with Gasteiger partial charge in [-0.3, -0.25) is 4.79 Å². The van der Waals surface area contributed by atoms with E-state index in [9.17, 15) is 13.2 Å². The third-order valence-electron chi connectivity index (χ3n) is 4.25. The highest BCUT2D eigenvalue weighted by Gasteiger charge is 2.30. The Bertz CT molecular complexity index is 801. The number of amides is 1. The van der Waals surface area contributed by atoms with E-state index in [-0.39, 0.29) is 11.2 Å². The minimum atomic E-state index is -3.24. The van der Waals surface area contributed by atoms with Crippen molar-refractivity contribution in [1.29, 1.82) is 0 Å². The van der Waals surface area contributed by atoms with Crippen LogP contribution in [0.3, 0.4) is 0 Å². The van der Waals surface area contributed by atoms with Gasteiger partial charge in [-0.25, -0.2) is 8.42 Å². The fourth-order valence-corrected chi connectivity index (χ4v) is 5.59. The first kappa shape index (κ1) is 16.2. The van der Waals surface area contributed by atoms with Crippen molar-refractivity contribution in [3.63, 3.8) is 0 Å². The summed E-state index contributed by atoms with van der Waals surface area (Å²) < 4.78 is 25.0. The van der Waals surface area contributed by atoms with Gasteiger partial charge in [-0.2, -0.15) is 0 Å². The summed E-state index contributed by atoms with van der Waals surface area (Å²) in [5.74, 6) is -0.163. The first-order valence-corrected chi connectivity index (χ1v) is 10.1. The maximum absolute atomic E-state index is 12.5. The van der Waals surface area contributed by atoms with Gasteiger partial charge < -0.3 is 5.32 Å². The lowest BCUT2D eigenvalue weighted by atomic mass is 10.2. The molecule has 1 aliphatic rings. The lowest BCUT2D eigenvalue weighted by Gasteiger charge is -2.12. The Labute approximate surface area is 140 Å². The second kappa shape index (κ2) is 6.45. The Morgan fingerprint density at radius 3 is 2.35 bits per heavy atom. The largest absolute Gasteiger partial charge is 0.321 e. The van der Waals surface area contributed by atoms with Crippen molar-refractivity contribution in [2.24, 2.45) is 0 Å². The van der Waals surface area contributed by atoms with Crippen LogP contribution in [0.5, 0.6) is 0 Å². The minimum Gasteiger partial charge on any atom is -0.321 e. The topological polar surface area (TPSA) is 63.2 Å². The molecule has 1 saturated carbocycles. The predicted octanol–water partition coefficient (Wildman–Crippen LogP) is 4.03. The van der Waals surface area contributed by atoms with Crippen molar-refractivity contribution < 1.29 is 13.2 Å². The van der Waals surface area contributed by atoms with Gasteiger partial charge in [0.05, 0.1) is 15.0 Å². The van der Waals surface area contributed by atoms with E-state index in [1.54, 1.807) is 24.3 Å². The molecule has 0 spiro atoms. The molecular weight excluding hydrogens is 330 g/mol. The average Bonchev–Trinajstić information content (AvgIpc) is 3.19.